The van der Waals surface area contributed by atoms with Gasteiger partial charge < -0.3 is 10.4 Å². The lowest BCUT2D eigenvalue weighted by Crippen LogP contribution is -2.37. The minimum Gasteiger partial charge on any atom is -0.390 e. The number of aromatic nitrogens is 2. The fraction of sp³-hybridized carbons (Fsp3) is 0.600. The molecular weight excluding hydrogens is 246 g/mol. The van der Waals surface area contributed by atoms with E-state index in [2.05, 4.69) is 10.3 Å². The second-order valence-electron chi connectivity index (χ2n) is 4.23. The number of aliphatic hydroxyl groups is 1. The van der Waals surface area contributed by atoms with E-state index in [0.29, 0.717) is 12.6 Å². The first kappa shape index (κ1) is 12.3. The second kappa shape index (κ2) is 5.03. The van der Waals surface area contributed by atoms with E-state index in [-0.39, 0.29) is 11.6 Å². The molecule has 6 nitrogen and oxygen atoms in total. The molecule has 3 N–H and O–H groups in total. The zero-order valence-corrected chi connectivity index (χ0v) is 9.91. The molecule has 17 heavy (non-hydrogen) atoms. The van der Waals surface area contributed by atoms with Crippen molar-refractivity contribution >= 4 is 11.6 Å². The Hall–Kier alpha value is -1.11. The third kappa shape index (κ3) is 3.42. The van der Waals surface area contributed by atoms with E-state index in [9.17, 15) is 14.7 Å². The Balaban J connectivity index is 1.99. The van der Waals surface area contributed by atoms with Gasteiger partial charge in [-0.15, -0.1) is 0 Å². The Morgan fingerprint density at radius 1 is 1.59 bits per heavy atom. The van der Waals surface area contributed by atoms with Crippen LogP contribution in [0.1, 0.15) is 12.8 Å². The van der Waals surface area contributed by atoms with Gasteiger partial charge in [0, 0.05) is 18.8 Å². The summed E-state index contributed by atoms with van der Waals surface area (Å²) in [6.07, 6.45) is 2.83. The van der Waals surface area contributed by atoms with Crippen LogP contribution in [0, 0.1) is 0 Å². The fourth-order valence-corrected chi connectivity index (χ4v) is 1.67. The number of halogens is 1. The Morgan fingerprint density at radius 3 is 2.94 bits per heavy atom. The Labute approximate surface area is 102 Å². The van der Waals surface area contributed by atoms with E-state index in [1.807, 2.05) is 0 Å². The van der Waals surface area contributed by atoms with Crippen LogP contribution in [0.15, 0.2) is 15.8 Å². The molecule has 1 aromatic rings. The first-order chi connectivity index (χ1) is 8.06. The van der Waals surface area contributed by atoms with E-state index in [0.717, 1.165) is 12.8 Å². The monoisotopic (exact) mass is 259 g/mol. The summed E-state index contributed by atoms with van der Waals surface area (Å²) >= 11 is 5.61. The van der Waals surface area contributed by atoms with Crippen molar-refractivity contribution < 1.29 is 5.11 Å². The molecule has 1 aromatic heterocycles. The summed E-state index contributed by atoms with van der Waals surface area (Å²) in [4.78, 5) is 24.5. The molecule has 1 unspecified atom stereocenters. The lowest BCUT2D eigenvalue weighted by molar-refractivity contribution is 0.149. The number of rotatable bonds is 5. The van der Waals surface area contributed by atoms with E-state index in [1.165, 1.54) is 10.8 Å². The quantitative estimate of drug-likeness (QED) is 0.653. The number of H-pyrrole nitrogens is 1. The van der Waals surface area contributed by atoms with Crippen LogP contribution in [0.5, 0.6) is 0 Å². The van der Waals surface area contributed by atoms with Gasteiger partial charge in [-0.2, -0.15) is 0 Å². The molecule has 1 saturated carbocycles. The largest absolute Gasteiger partial charge is 0.390 e. The normalized spacial score (nSPS) is 17.1. The maximum atomic E-state index is 11.4. The van der Waals surface area contributed by atoms with Crippen molar-refractivity contribution in [1.29, 1.82) is 0 Å². The van der Waals surface area contributed by atoms with Gasteiger partial charge in [0.1, 0.15) is 5.02 Å². The third-order valence-corrected chi connectivity index (χ3v) is 2.86. The summed E-state index contributed by atoms with van der Waals surface area (Å²) in [7, 11) is 0. The molecule has 0 saturated heterocycles. The van der Waals surface area contributed by atoms with Crippen molar-refractivity contribution in [2.24, 2.45) is 0 Å². The Kier molecular flexibility index (Phi) is 3.66. The van der Waals surface area contributed by atoms with Gasteiger partial charge in [-0.3, -0.25) is 14.3 Å². The van der Waals surface area contributed by atoms with Crippen molar-refractivity contribution in [1.82, 2.24) is 14.9 Å². The predicted molar refractivity (Wildman–Crippen MR) is 63.4 cm³/mol. The number of aromatic amines is 1. The average molecular weight is 260 g/mol. The topological polar surface area (TPSA) is 87.1 Å². The van der Waals surface area contributed by atoms with Crippen LogP contribution in [0.3, 0.4) is 0 Å². The summed E-state index contributed by atoms with van der Waals surface area (Å²) in [5, 5.41) is 12.8. The molecule has 0 amide bonds. The van der Waals surface area contributed by atoms with E-state index in [4.69, 9.17) is 11.6 Å². The van der Waals surface area contributed by atoms with Crippen LogP contribution >= 0.6 is 11.6 Å². The second-order valence-corrected chi connectivity index (χ2v) is 4.63. The molecule has 0 radical (unpaired) electrons. The number of hydrogen-bond acceptors (Lipinski definition) is 4. The Bertz CT molecular complexity index is 506. The molecule has 0 aromatic carbocycles. The maximum absolute atomic E-state index is 11.4. The minimum absolute atomic E-state index is 0.0630. The molecular formula is C10H14ClN3O3. The molecule has 1 aliphatic carbocycles. The predicted octanol–water partition coefficient (Wildman–Crippen LogP) is -0.697. The van der Waals surface area contributed by atoms with Crippen LogP contribution < -0.4 is 16.6 Å². The first-order valence-corrected chi connectivity index (χ1v) is 5.85. The minimum atomic E-state index is -0.685. The van der Waals surface area contributed by atoms with Gasteiger partial charge in [0.2, 0.25) is 0 Å². The smallest absolute Gasteiger partial charge is 0.328 e. The van der Waals surface area contributed by atoms with Gasteiger partial charge in [-0.05, 0) is 12.8 Å². The van der Waals surface area contributed by atoms with E-state index in [1.54, 1.807) is 0 Å². The molecule has 1 heterocycles. The van der Waals surface area contributed by atoms with Crippen LogP contribution in [0.4, 0.5) is 0 Å². The highest BCUT2D eigenvalue weighted by molar-refractivity contribution is 6.30. The number of nitrogens with one attached hydrogen (secondary N) is 2. The zero-order chi connectivity index (χ0) is 12.4. The number of hydrogen-bond donors (Lipinski definition) is 3. The molecule has 1 atom stereocenters. The van der Waals surface area contributed by atoms with Crippen molar-refractivity contribution in [2.75, 3.05) is 6.54 Å². The highest BCUT2D eigenvalue weighted by Gasteiger charge is 2.21. The summed E-state index contributed by atoms with van der Waals surface area (Å²) in [5.74, 6) is 0. The van der Waals surface area contributed by atoms with Gasteiger partial charge in [0.05, 0.1) is 12.6 Å². The van der Waals surface area contributed by atoms with Crippen molar-refractivity contribution in [2.45, 2.75) is 31.5 Å². The van der Waals surface area contributed by atoms with Gasteiger partial charge in [0.25, 0.3) is 5.56 Å². The molecule has 1 aliphatic rings. The first-order valence-electron chi connectivity index (χ1n) is 5.47. The van der Waals surface area contributed by atoms with E-state index >= 15 is 0 Å². The molecule has 94 valence electrons. The molecule has 7 heteroatoms. The number of aliphatic hydroxyl groups excluding tert-OH is 1. The van der Waals surface area contributed by atoms with Gasteiger partial charge in [0.15, 0.2) is 0 Å². The molecule has 0 aliphatic heterocycles. The van der Waals surface area contributed by atoms with Gasteiger partial charge in [-0.1, -0.05) is 11.6 Å². The SMILES string of the molecule is O=c1[nH]c(=O)n(CC(O)CNC2CC2)cc1Cl. The standard InChI is InChI=1S/C10H14ClN3O3/c11-8-5-14(10(17)13-9(8)16)4-7(15)3-12-6-1-2-6/h5-7,12,15H,1-4H2,(H,13,16,17). The van der Waals surface area contributed by atoms with Crippen molar-refractivity contribution in [3.63, 3.8) is 0 Å². The summed E-state index contributed by atoms with van der Waals surface area (Å²) < 4.78 is 1.20. The lowest BCUT2D eigenvalue weighted by atomic mass is 10.3. The third-order valence-electron chi connectivity index (χ3n) is 2.59. The molecule has 0 spiro atoms. The van der Waals surface area contributed by atoms with Crippen LogP contribution in [-0.2, 0) is 6.54 Å². The van der Waals surface area contributed by atoms with E-state index < -0.39 is 17.4 Å². The van der Waals surface area contributed by atoms with Gasteiger partial charge >= 0.3 is 5.69 Å². The number of nitrogens with zero attached hydrogens (tertiary/aromatic N) is 1. The summed E-state index contributed by atoms with van der Waals surface area (Å²) in [6, 6.07) is 0.501. The maximum Gasteiger partial charge on any atom is 0.328 e. The van der Waals surface area contributed by atoms with Crippen molar-refractivity contribution in [3.8, 4) is 0 Å². The molecule has 1 fully saturated rings. The van der Waals surface area contributed by atoms with Crippen LogP contribution in [0.25, 0.3) is 0 Å². The lowest BCUT2D eigenvalue weighted by Gasteiger charge is -2.12. The Morgan fingerprint density at radius 2 is 2.29 bits per heavy atom. The molecule has 2 rings (SSSR count). The molecule has 0 bridgehead atoms. The van der Waals surface area contributed by atoms with Crippen LogP contribution in [-0.4, -0.2) is 33.3 Å². The van der Waals surface area contributed by atoms with Crippen LogP contribution in [0.2, 0.25) is 5.02 Å². The zero-order valence-electron chi connectivity index (χ0n) is 9.15. The van der Waals surface area contributed by atoms with Gasteiger partial charge in [-0.25, -0.2) is 4.79 Å². The highest BCUT2D eigenvalue weighted by Crippen LogP contribution is 2.18. The summed E-state index contributed by atoms with van der Waals surface area (Å²) in [6.45, 7) is 0.531. The van der Waals surface area contributed by atoms with Crippen molar-refractivity contribution in [3.05, 3.63) is 32.1 Å². The average Bonchev–Trinajstić information content (AvgIpc) is 3.07. The fourth-order valence-electron chi connectivity index (χ4n) is 1.50. The highest BCUT2D eigenvalue weighted by atomic mass is 35.5. The summed E-state index contributed by atoms with van der Waals surface area (Å²) in [5.41, 5.74) is -1.18.